The molecule has 1 atom stereocenters. The second kappa shape index (κ2) is 12.8. The van der Waals surface area contributed by atoms with Gasteiger partial charge in [-0.05, 0) is 12.8 Å². The Labute approximate surface area is 152 Å². The van der Waals surface area contributed by atoms with Gasteiger partial charge in [-0.1, -0.05) is 6.92 Å². The maximum Gasteiger partial charge on any atom is 0.500 e. The number of ether oxygens (including phenoxy) is 1. The van der Waals surface area contributed by atoms with Crippen molar-refractivity contribution in [1.29, 1.82) is 0 Å². The quantitative estimate of drug-likeness (QED) is 0.239. The van der Waals surface area contributed by atoms with Gasteiger partial charge < -0.3 is 35.5 Å². The van der Waals surface area contributed by atoms with Gasteiger partial charge in [0.15, 0.2) is 0 Å². The lowest BCUT2D eigenvalue weighted by atomic mass is 10.4. The molecule has 0 fully saturated rings. The summed E-state index contributed by atoms with van der Waals surface area (Å²) < 4.78 is 25.7. The number of hydrogen-bond acceptors (Lipinski definition) is 5. The maximum absolute atomic E-state index is 10.0. The number of imidazole rings is 1. The minimum Gasteiger partial charge on any atom is -1.00 e. The third kappa shape index (κ3) is 8.06. The largest absolute Gasteiger partial charge is 1.00 e. The van der Waals surface area contributed by atoms with Crippen molar-refractivity contribution in [3.05, 3.63) is 18.7 Å². The predicted octanol–water partition coefficient (Wildman–Crippen LogP) is -2.16. The van der Waals surface area contributed by atoms with E-state index in [2.05, 4.69) is 11.5 Å². The first-order chi connectivity index (χ1) is 11.1. The lowest BCUT2D eigenvalue weighted by Crippen LogP contribution is -3.00. The van der Waals surface area contributed by atoms with Crippen LogP contribution in [0.1, 0.15) is 19.8 Å². The van der Waals surface area contributed by atoms with E-state index in [0.717, 1.165) is 19.4 Å². The Kier molecular flexibility index (Phi) is 12.6. The molecule has 1 aromatic rings. The number of aliphatic hydroxyl groups excluding tert-OH is 1. The molecule has 1 unspecified atom stereocenters. The fourth-order valence-corrected chi connectivity index (χ4v) is 4.09. The van der Waals surface area contributed by atoms with Crippen LogP contribution in [-0.4, -0.2) is 59.1 Å². The van der Waals surface area contributed by atoms with Crippen LogP contribution in [0.3, 0.4) is 0 Å². The monoisotopic (exact) mass is 382 g/mol. The zero-order valence-electron chi connectivity index (χ0n) is 15.1. The third-order valence-electron chi connectivity index (χ3n) is 3.66. The summed E-state index contributed by atoms with van der Waals surface area (Å²) >= 11 is 0. The van der Waals surface area contributed by atoms with Crippen LogP contribution < -0.4 is 17.0 Å². The van der Waals surface area contributed by atoms with Crippen molar-refractivity contribution in [1.82, 2.24) is 4.57 Å². The Hall–Kier alpha value is -0.483. The molecule has 1 N–H and O–H groups in total. The van der Waals surface area contributed by atoms with Crippen LogP contribution in [0.5, 0.6) is 0 Å². The molecule has 0 amide bonds. The molecule has 0 aromatic carbocycles. The molecule has 7 nitrogen and oxygen atoms in total. The second-order valence-corrected chi connectivity index (χ2v) is 8.57. The SMILES string of the molecule is CCCn1cc[n+](CC(O)COCCC[Si](OC)(OC)OC)c1.[Cl-]. The Morgan fingerprint density at radius 1 is 1.21 bits per heavy atom. The number of rotatable bonds is 13. The van der Waals surface area contributed by atoms with Gasteiger partial charge >= 0.3 is 8.80 Å². The zero-order chi connectivity index (χ0) is 17.1. The van der Waals surface area contributed by atoms with Crippen molar-refractivity contribution >= 4 is 8.80 Å². The maximum atomic E-state index is 10.0. The Balaban J connectivity index is 0.00000529. The molecule has 0 saturated carbocycles. The van der Waals surface area contributed by atoms with E-state index in [1.54, 1.807) is 21.3 Å². The van der Waals surface area contributed by atoms with E-state index in [1.165, 1.54) is 0 Å². The molecule has 1 heterocycles. The second-order valence-electron chi connectivity index (χ2n) is 5.48. The molecular weight excluding hydrogens is 352 g/mol. The van der Waals surface area contributed by atoms with E-state index in [-0.39, 0.29) is 12.4 Å². The summed E-state index contributed by atoms with van der Waals surface area (Å²) in [6.07, 6.45) is 7.33. The molecule has 0 spiro atoms. The fourth-order valence-electron chi connectivity index (χ4n) is 2.40. The third-order valence-corrected chi connectivity index (χ3v) is 6.50. The highest BCUT2D eigenvalue weighted by molar-refractivity contribution is 6.60. The normalized spacial score (nSPS) is 12.9. The Bertz CT molecular complexity index is 423. The summed E-state index contributed by atoms with van der Waals surface area (Å²) in [6.45, 7) is 4.52. The Morgan fingerprint density at radius 3 is 2.46 bits per heavy atom. The van der Waals surface area contributed by atoms with Crippen LogP contribution in [0.4, 0.5) is 0 Å². The van der Waals surface area contributed by atoms with E-state index in [1.807, 2.05) is 23.3 Å². The molecule has 0 aliphatic rings. The molecule has 0 aliphatic carbocycles. The standard InChI is InChI=1S/C15H31N2O5Si.ClH/c1-5-7-16-8-9-17(14-16)12-15(18)13-22-10-6-11-23(19-2,20-3)21-4;/h8-9,14-15,18H,5-7,10-13H2,1-4H3;1H/q+1;/p-1. The van der Waals surface area contributed by atoms with Crippen LogP contribution in [0.15, 0.2) is 18.7 Å². The van der Waals surface area contributed by atoms with Crippen LogP contribution in [0.2, 0.25) is 6.04 Å². The molecule has 142 valence electrons. The van der Waals surface area contributed by atoms with Crippen LogP contribution in [-0.2, 0) is 31.1 Å². The smallest absolute Gasteiger partial charge is 0.500 e. The molecule has 0 aliphatic heterocycles. The summed E-state index contributed by atoms with van der Waals surface area (Å²) in [5, 5.41) is 10.0. The molecular formula is C15H31ClN2O5Si. The average molecular weight is 383 g/mol. The van der Waals surface area contributed by atoms with Gasteiger partial charge in [0.2, 0.25) is 6.33 Å². The number of nitrogens with zero attached hydrogens (tertiary/aromatic N) is 2. The van der Waals surface area contributed by atoms with Gasteiger partial charge in [0.1, 0.15) is 25.0 Å². The average Bonchev–Trinajstić information content (AvgIpc) is 2.99. The van der Waals surface area contributed by atoms with Crippen molar-refractivity contribution in [2.24, 2.45) is 0 Å². The van der Waals surface area contributed by atoms with Gasteiger partial charge in [0.05, 0.1) is 13.2 Å². The predicted molar refractivity (Wildman–Crippen MR) is 87.9 cm³/mol. The summed E-state index contributed by atoms with van der Waals surface area (Å²) in [7, 11) is 2.30. The van der Waals surface area contributed by atoms with Gasteiger partial charge in [-0.3, -0.25) is 0 Å². The molecule has 24 heavy (non-hydrogen) atoms. The van der Waals surface area contributed by atoms with Crippen LogP contribution in [0.25, 0.3) is 0 Å². The molecule has 1 rings (SSSR count). The van der Waals surface area contributed by atoms with Gasteiger partial charge in [0, 0.05) is 34.0 Å². The first-order valence-electron chi connectivity index (χ1n) is 8.05. The van der Waals surface area contributed by atoms with Crippen molar-refractivity contribution in [2.45, 2.75) is 45.0 Å². The molecule has 0 bridgehead atoms. The number of halogens is 1. The van der Waals surface area contributed by atoms with E-state index >= 15 is 0 Å². The summed E-state index contributed by atoms with van der Waals surface area (Å²) in [6, 6.07) is 0.696. The fraction of sp³-hybridized carbons (Fsp3) is 0.800. The number of aromatic nitrogens is 2. The number of aliphatic hydroxyl groups is 1. The van der Waals surface area contributed by atoms with Crippen molar-refractivity contribution in [2.75, 3.05) is 34.5 Å². The molecule has 0 radical (unpaired) electrons. The summed E-state index contributed by atoms with van der Waals surface area (Å²) in [5.41, 5.74) is 0. The highest BCUT2D eigenvalue weighted by atomic mass is 35.5. The van der Waals surface area contributed by atoms with Crippen molar-refractivity contribution in [3.8, 4) is 0 Å². The first-order valence-corrected chi connectivity index (χ1v) is 9.98. The van der Waals surface area contributed by atoms with E-state index in [0.29, 0.717) is 25.8 Å². The topological polar surface area (TPSA) is 66.0 Å². The lowest BCUT2D eigenvalue weighted by molar-refractivity contribution is -0.703. The minimum absolute atomic E-state index is 0. The minimum atomic E-state index is -2.51. The van der Waals surface area contributed by atoms with Gasteiger partial charge in [0.25, 0.3) is 0 Å². The number of aryl methyl sites for hydroxylation is 1. The highest BCUT2D eigenvalue weighted by Gasteiger charge is 2.36. The highest BCUT2D eigenvalue weighted by Crippen LogP contribution is 2.14. The Morgan fingerprint density at radius 2 is 1.88 bits per heavy atom. The van der Waals surface area contributed by atoms with E-state index < -0.39 is 14.9 Å². The van der Waals surface area contributed by atoms with Crippen LogP contribution in [0, 0.1) is 0 Å². The summed E-state index contributed by atoms with van der Waals surface area (Å²) in [5.74, 6) is 0. The van der Waals surface area contributed by atoms with Crippen molar-refractivity contribution < 1.29 is 40.1 Å². The van der Waals surface area contributed by atoms with Crippen molar-refractivity contribution in [3.63, 3.8) is 0 Å². The van der Waals surface area contributed by atoms with E-state index in [4.69, 9.17) is 18.0 Å². The van der Waals surface area contributed by atoms with Crippen LogP contribution >= 0.6 is 0 Å². The molecule has 0 saturated heterocycles. The van der Waals surface area contributed by atoms with Gasteiger partial charge in [-0.15, -0.1) is 0 Å². The zero-order valence-corrected chi connectivity index (χ0v) is 16.9. The molecule has 9 heteroatoms. The van der Waals surface area contributed by atoms with E-state index in [9.17, 15) is 5.11 Å². The van der Waals surface area contributed by atoms with Gasteiger partial charge in [-0.2, -0.15) is 0 Å². The molecule has 1 aromatic heterocycles. The summed E-state index contributed by atoms with van der Waals surface area (Å²) in [4.78, 5) is 0. The first kappa shape index (κ1) is 23.5. The number of hydrogen-bond donors (Lipinski definition) is 1. The van der Waals surface area contributed by atoms with Gasteiger partial charge in [-0.25, -0.2) is 9.13 Å². The lowest BCUT2D eigenvalue weighted by Gasteiger charge is -2.24.